The first kappa shape index (κ1) is 10.1. The summed E-state index contributed by atoms with van der Waals surface area (Å²) in [6.45, 7) is 1.56. The molecule has 1 fully saturated rings. The van der Waals surface area contributed by atoms with Gasteiger partial charge >= 0.3 is 0 Å². The van der Waals surface area contributed by atoms with Gasteiger partial charge < -0.3 is 5.73 Å². The van der Waals surface area contributed by atoms with E-state index in [-0.39, 0.29) is 11.8 Å². The Balaban J connectivity index is 1.97. The van der Waals surface area contributed by atoms with Crippen LogP contribution < -0.4 is 5.73 Å². The summed E-state index contributed by atoms with van der Waals surface area (Å²) in [5, 5.41) is 0. The summed E-state index contributed by atoms with van der Waals surface area (Å²) in [7, 11) is 0. The van der Waals surface area contributed by atoms with E-state index in [2.05, 4.69) is 0 Å². The fourth-order valence-electron chi connectivity index (χ4n) is 1.14. The van der Waals surface area contributed by atoms with Crippen LogP contribution in [-0.4, -0.2) is 23.3 Å². The van der Waals surface area contributed by atoms with Crippen LogP contribution >= 0.6 is 11.8 Å². The highest BCUT2D eigenvalue weighted by atomic mass is 32.2. The largest absolute Gasteiger partial charge is 0.321 e. The minimum absolute atomic E-state index is 0.108. The number of hydrogen-bond acceptors (Lipinski definition) is 3. The molecule has 3 heteroatoms. The molecule has 0 spiro atoms. The zero-order chi connectivity index (χ0) is 8.97. The standard InChI is InChI=1S/C9H17NOS/c1-7(11)9(10)6-12-5-8-3-2-4-8/h8-9H,2-6,10H2,1H3/t9-/m0/s1. The van der Waals surface area contributed by atoms with Crippen molar-refractivity contribution in [2.24, 2.45) is 11.7 Å². The number of thioether (sulfide) groups is 1. The molecule has 0 heterocycles. The maximum Gasteiger partial charge on any atom is 0.147 e. The minimum atomic E-state index is -0.241. The first-order valence-electron chi connectivity index (χ1n) is 4.54. The average molecular weight is 187 g/mol. The summed E-state index contributed by atoms with van der Waals surface area (Å²) < 4.78 is 0. The number of Topliss-reactive ketones (excluding diaryl/α,β-unsaturated/α-hetero) is 1. The lowest BCUT2D eigenvalue weighted by Crippen LogP contribution is -2.31. The van der Waals surface area contributed by atoms with Gasteiger partial charge in [0.15, 0.2) is 0 Å². The van der Waals surface area contributed by atoms with Crippen molar-refractivity contribution in [3.63, 3.8) is 0 Å². The van der Waals surface area contributed by atoms with E-state index in [1.807, 2.05) is 11.8 Å². The molecular formula is C9H17NOS. The van der Waals surface area contributed by atoms with Crippen molar-refractivity contribution in [2.45, 2.75) is 32.2 Å². The summed E-state index contributed by atoms with van der Waals surface area (Å²) in [6.07, 6.45) is 4.15. The van der Waals surface area contributed by atoms with Crippen molar-refractivity contribution in [2.75, 3.05) is 11.5 Å². The van der Waals surface area contributed by atoms with Crippen LogP contribution in [0.5, 0.6) is 0 Å². The van der Waals surface area contributed by atoms with E-state index in [4.69, 9.17) is 5.73 Å². The van der Waals surface area contributed by atoms with Gasteiger partial charge in [0.2, 0.25) is 0 Å². The van der Waals surface area contributed by atoms with Crippen LogP contribution in [0.3, 0.4) is 0 Å². The molecule has 0 radical (unpaired) electrons. The van der Waals surface area contributed by atoms with E-state index in [0.29, 0.717) is 0 Å². The van der Waals surface area contributed by atoms with Crippen LogP contribution in [0.4, 0.5) is 0 Å². The second-order valence-electron chi connectivity index (χ2n) is 3.55. The van der Waals surface area contributed by atoms with Gasteiger partial charge in [-0.15, -0.1) is 0 Å². The van der Waals surface area contributed by atoms with Crippen molar-refractivity contribution < 1.29 is 4.79 Å². The highest BCUT2D eigenvalue weighted by Gasteiger charge is 2.17. The lowest BCUT2D eigenvalue weighted by molar-refractivity contribution is -0.117. The van der Waals surface area contributed by atoms with Crippen LogP contribution in [0.15, 0.2) is 0 Å². The smallest absolute Gasteiger partial charge is 0.147 e. The summed E-state index contributed by atoms with van der Waals surface area (Å²) in [4.78, 5) is 10.8. The second-order valence-corrected chi connectivity index (χ2v) is 4.63. The van der Waals surface area contributed by atoms with Crippen LogP contribution in [-0.2, 0) is 4.79 Å². The lowest BCUT2D eigenvalue weighted by atomic mass is 9.87. The molecule has 0 aromatic rings. The normalized spacial score (nSPS) is 20.2. The summed E-state index contributed by atoms with van der Waals surface area (Å²) in [6, 6.07) is -0.241. The van der Waals surface area contributed by atoms with Crippen LogP contribution in [0.2, 0.25) is 0 Å². The molecule has 2 nitrogen and oxygen atoms in total. The molecule has 0 unspecified atom stereocenters. The van der Waals surface area contributed by atoms with E-state index in [0.717, 1.165) is 11.7 Å². The first-order chi connectivity index (χ1) is 5.70. The van der Waals surface area contributed by atoms with Crippen LogP contribution in [0, 0.1) is 5.92 Å². The predicted molar refractivity (Wildman–Crippen MR) is 53.3 cm³/mol. The van der Waals surface area contributed by atoms with E-state index in [1.54, 1.807) is 6.92 Å². The molecule has 12 heavy (non-hydrogen) atoms. The first-order valence-corrected chi connectivity index (χ1v) is 5.69. The van der Waals surface area contributed by atoms with Gasteiger partial charge in [0.05, 0.1) is 6.04 Å². The van der Waals surface area contributed by atoms with Gasteiger partial charge in [-0.3, -0.25) is 4.79 Å². The fourth-order valence-corrected chi connectivity index (χ4v) is 2.43. The number of rotatable bonds is 5. The Morgan fingerprint density at radius 2 is 2.33 bits per heavy atom. The van der Waals surface area contributed by atoms with Crippen molar-refractivity contribution in [3.8, 4) is 0 Å². The molecule has 0 aliphatic heterocycles. The SMILES string of the molecule is CC(=O)[C@@H](N)CSCC1CCC1. The molecular weight excluding hydrogens is 170 g/mol. The molecule has 2 N–H and O–H groups in total. The average Bonchev–Trinajstić information content (AvgIpc) is 1.93. The minimum Gasteiger partial charge on any atom is -0.321 e. The molecule has 0 amide bonds. The predicted octanol–water partition coefficient (Wildman–Crippen LogP) is 1.44. The van der Waals surface area contributed by atoms with Crippen LogP contribution in [0.25, 0.3) is 0 Å². The van der Waals surface area contributed by atoms with Gasteiger partial charge in [0.25, 0.3) is 0 Å². The summed E-state index contributed by atoms with van der Waals surface area (Å²) in [5.74, 6) is 3.01. The van der Waals surface area contributed by atoms with Gasteiger partial charge in [-0.25, -0.2) is 0 Å². The molecule has 1 aliphatic rings. The zero-order valence-electron chi connectivity index (χ0n) is 7.58. The Morgan fingerprint density at radius 3 is 2.75 bits per heavy atom. The third-order valence-electron chi connectivity index (χ3n) is 2.40. The summed E-state index contributed by atoms with van der Waals surface area (Å²) >= 11 is 1.83. The number of nitrogens with two attached hydrogens (primary N) is 1. The van der Waals surface area contributed by atoms with Gasteiger partial charge in [-0.1, -0.05) is 6.42 Å². The van der Waals surface area contributed by atoms with Crippen LogP contribution in [0.1, 0.15) is 26.2 Å². The lowest BCUT2D eigenvalue weighted by Gasteiger charge is -2.24. The molecule has 1 aliphatic carbocycles. The van der Waals surface area contributed by atoms with Crippen molar-refractivity contribution in [1.82, 2.24) is 0 Å². The monoisotopic (exact) mass is 187 g/mol. The van der Waals surface area contributed by atoms with E-state index < -0.39 is 0 Å². The molecule has 1 atom stereocenters. The van der Waals surface area contributed by atoms with Gasteiger partial charge in [0, 0.05) is 5.75 Å². The molecule has 1 rings (SSSR count). The van der Waals surface area contributed by atoms with E-state index in [1.165, 1.54) is 25.0 Å². The van der Waals surface area contributed by atoms with Gasteiger partial charge in [-0.05, 0) is 31.4 Å². The highest BCUT2D eigenvalue weighted by molar-refractivity contribution is 7.99. The topological polar surface area (TPSA) is 43.1 Å². The van der Waals surface area contributed by atoms with E-state index >= 15 is 0 Å². The molecule has 0 saturated heterocycles. The number of carbonyl (C=O) groups is 1. The Bertz CT molecular complexity index is 157. The van der Waals surface area contributed by atoms with Crippen molar-refractivity contribution >= 4 is 17.5 Å². The highest BCUT2D eigenvalue weighted by Crippen LogP contribution is 2.29. The number of ketones is 1. The Labute approximate surface area is 78.3 Å². The zero-order valence-corrected chi connectivity index (χ0v) is 8.40. The van der Waals surface area contributed by atoms with Crippen molar-refractivity contribution in [1.29, 1.82) is 0 Å². The number of hydrogen-bond donors (Lipinski definition) is 1. The molecule has 1 saturated carbocycles. The Morgan fingerprint density at radius 1 is 1.67 bits per heavy atom. The van der Waals surface area contributed by atoms with Gasteiger partial charge in [-0.2, -0.15) is 11.8 Å². The molecule has 70 valence electrons. The third kappa shape index (κ3) is 3.15. The third-order valence-corrected chi connectivity index (χ3v) is 3.70. The second kappa shape index (κ2) is 4.87. The Hall–Kier alpha value is -0.0200. The van der Waals surface area contributed by atoms with Crippen molar-refractivity contribution in [3.05, 3.63) is 0 Å². The number of carbonyl (C=O) groups excluding carboxylic acids is 1. The maximum absolute atomic E-state index is 10.8. The van der Waals surface area contributed by atoms with E-state index in [9.17, 15) is 4.79 Å². The summed E-state index contributed by atoms with van der Waals surface area (Å²) in [5.41, 5.74) is 5.59. The molecule has 0 aromatic carbocycles. The maximum atomic E-state index is 10.8. The Kier molecular flexibility index (Phi) is 4.09. The molecule has 0 aromatic heterocycles. The quantitative estimate of drug-likeness (QED) is 0.708. The van der Waals surface area contributed by atoms with Gasteiger partial charge in [0.1, 0.15) is 5.78 Å². The fraction of sp³-hybridized carbons (Fsp3) is 0.889. The molecule has 0 bridgehead atoms.